The zero-order chi connectivity index (χ0) is 14.3. The second-order valence-corrected chi connectivity index (χ2v) is 9.41. The van der Waals surface area contributed by atoms with E-state index in [0.29, 0.717) is 11.1 Å². The lowest BCUT2D eigenvalue weighted by Crippen LogP contribution is -2.04. The van der Waals surface area contributed by atoms with Crippen LogP contribution in [0.3, 0.4) is 0 Å². The first-order chi connectivity index (χ1) is 9.56. The van der Waals surface area contributed by atoms with Crippen LogP contribution in [0.15, 0.2) is 14.3 Å². The predicted octanol–water partition coefficient (Wildman–Crippen LogP) is 6.65. The van der Waals surface area contributed by atoms with Gasteiger partial charge in [0.2, 0.25) is 0 Å². The van der Waals surface area contributed by atoms with Gasteiger partial charge in [-0.1, -0.05) is 24.4 Å². The quantitative estimate of drug-likeness (QED) is 0.311. The van der Waals surface area contributed by atoms with E-state index in [4.69, 9.17) is 16.6 Å². The van der Waals surface area contributed by atoms with Gasteiger partial charge in [0.25, 0.3) is 0 Å². The van der Waals surface area contributed by atoms with E-state index in [1.165, 1.54) is 25.7 Å². The van der Waals surface area contributed by atoms with Gasteiger partial charge in [0.15, 0.2) is 5.82 Å². The number of hydrogen-bond donors (Lipinski definition) is 0. The maximum Gasteiger partial charge on any atom is 0.171 e. The van der Waals surface area contributed by atoms with Crippen LogP contribution >= 0.6 is 77.4 Å². The van der Waals surface area contributed by atoms with Crippen molar-refractivity contribution in [1.82, 2.24) is 9.97 Å². The molecule has 3 rings (SSSR count). The van der Waals surface area contributed by atoms with Gasteiger partial charge < -0.3 is 0 Å². The molecule has 0 spiro atoms. The molecule has 7 heteroatoms. The van der Waals surface area contributed by atoms with Gasteiger partial charge in [0.05, 0.1) is 17.9 Å². The van der Waals surface area contributed by atoms with Crippen LogP contribution in [-0.2, 0) is 0 Å². The van der Waals surface area contributed by atoms with Gasteiger partial charge >= 0.3 is 0 Å². The van der Waals surface area contributed by atoms with E-state index in [1.54, 1.807) is 11.3 Å². The fourth-order valence-corrected chi connectivity index (χ4v) is 5.30. The van der Waals surface area contributed by atoms with Gasteiger partial charge in [-0.05, 0) is 73.4 Å². The lowest BCUT2D eigenvalue weighted by molar-refractivity contribution is 0.690. The first-order valence-corrected chi connectivity index (χ1v) is 10.1. The third kappa shape index (κ3) is 3.09. The Bertz CT molecular complexity index is 637. The van der Waals surface area contributed by atoms with E-state index in [2.05, 4.69) is 59.4 Å². The third-order valence-electron chi connectivity index (χ3n) is 3.44. The van der Waals surface area contributed by atoms with Gasteiger partial charge in [-0.25, -0.2) is 9.97 Å². The molecule has 1 aliphatic carbocycles. The summed E-state index contributed by atoms with van der Waals surface area (Å²) in [5.74, 6) is 1.27. The van der Waals surface area contributed by atoms with Gasteiger partial charge in [0.1, 0.15) is 5.15 Å². The molecule has 0 radical (unpaired) electrons. The molecule has 0 aromatic carbocycles. The van der Waals surface area contributed by atoms with Crippen molar-refractivity contribution in [2.45, 2.75) is 31.6 Å². The van der Waals surface area contributed by atoms with Crippen molar-refractivity contribution in [1.29, 1.82) is 0 Å². The summed E-state index contributed by atoms with van der Waals surface area (Å²) in [6.45, 7) is 0. The minimum atomic E-state index is 0.535. The molecule has 0 N–H and O–H groups in total. The maximum atomic E-state index is 6.32. The third-order valence-corrected chi connectivity index (χ3v) is 8.35. The maximum absolute atomic E-state index is 6.32. The normalized spacial score (nSPS) is 16.0. The van der Waals surface area contributed by atoms with Crippen molar-refractivity contribution >= 4 is 77.4 Å². The molecule has 1 aliphatic rings. The van der Waals surface area contributed by atoms with Gasteiger partial charge in [-0.3, -0.25) is 0 Å². The molecule has 0 saturated heterocycles. The molecule has 0 bridgehead atoms. The summed E-state index contributed by atoms with van der Waals surface area (Å²) in [6, 6.07) is 2.03. The molecule has 2 nitrogen and oxygen atoms in total. The van der Waals surface area contributed by atoms with Crippen LogP contribution < -0.4 is 0 Å². The van der Waals surface area contributed by atoms with Crippen molar-refractivity contribution < 1.29 is 0 Å². The molecule has 1 fully saturated rings. The number of halogens is 4. The summed E-state index contributed by atoms with van der Waals surface area (Å²) in [5.41, 5.74) is 1.12. The Labute approximate surface area is 157 Å². The van der Waals surface area contributed by atoms with E-state index in [0.717, 1.165) is 28.2 Å². The smallest absolute Gasteiger partial charge is 0.171 e. The standard InChI is InChI=1S/C13H10Br2ClIN2S/c14-7-5-8(20-11(7)15)13-18-10(6-3-1-2-4-6)9(17)12(16)19-13/h5-6H,1-4H2. The molecule has 2 heterocycles. The SMILES string of the molecule is Clc1nc(-c2cc(Br)c(Br)s2)nc(C2CCCC2)c1I. The predicted molar refractivity (Wildman–Crippen MR) is 99.7 cm³/mol. The highest BCUT2D eigenvalue weighted by molar-refractivity contribution is 14.1. The zero-order valence-electron chi connectivity index (χ0n) is 10.3. The van der Waals surface area contributed by atoms with Crippen LogP contribution in [0.2, 0.25) is 5.15 Å². The van der Waals surface area contributed by atoms with Crippen molar-refractivity contribution in [3.8, 4) is 10.7 Å². The Balaban J connectivity index is 2.08. The Morgan fingerprint density at radius 2 is 1.95 bits per heavy atom. The van der Waals surface area contributed by atoms with E-state index in [1.807, 2.05) is 6.07 Å². The number of thiophene rings is 1. The fraction of sp³-hybridized carbons (Fsp3) is 0.385. The van der Waals surface area contributed by atoms with Crippen molar-refractivity contribution in [2.75, 3.05) is 0 Å². The summed E-state index contributed by atoms with van der Waals surface area (Å²) in [4.78, 5) is 10.3. The van der Waals surface area contributed by atoms with Crippen LogP contribution in [0.1, 0.15) is 37.3 Å². The van der Waals surface area contributed by atoms with E-state index in [9.17, 15) is 0 Å². The average Bonchev–Trinajstić information content (AvgIpc) is 3.04. The molecular formula is C13H10Br2ClIN2S. The zero-order valence-corrected chi connectivity index (χ0v) is 17.2. The molecule has 0 atom stereocenters. The molecule has 20 heavy (non-hydrogen) atoms. The summed E-state index contributed by atoms with van der Waals surface area (Å²) in [7, 11) is 0. The van der Waals surface area contributed by atoms with Crippen LogP contribution in [0, 0.1) is 3.57 Å². The van der Waals surface area contributed by atoms with Crippen molar-refractivity contribution in [2.24, 2.45) is 0 Å². The highest BCUT2D eigenvalue weighted by Gasteiger charge is 2.24. The minimum Gasteiger partial charge on any atom is -0.231 e. The first kappa shape index (κ1) is 15.6. The number of rotatable bonds is 2. The Morgan fingerprint density at radius 3 is 2.55 bits per heavy atom. The van der Waals surface area contributed by atoms with Gasteiger partial charge in [-0.15, -0.1) is 11.3 Å². The molecule has 106 valence electrons. The first-order valence-electron chi connectivity index (χ1n) is 6.24. The Hall–Kier alpha value is 0.760. The Kier molecular flexibility index (Phi) is 5.07. The number of nitrogens with zero attached hydrogens (tertiary/aromatic N) is 2. The van der Waals surface area contributed by atoms with Crippen LogP contribution in [0.4, 0.5) is 0 Å². The monoisotopic (exact) mass is 546 g/mol. The number of aromatic nitrogens is 2. The Morgan fingerprint density at radius 1 is 1.25 bits per heavy atom. The molecule has 2 aromatic rings. The molecule has 1 saturated carbocycles. The van der Waals surface area contributed by atoms with Crippen LogP contribution in [-0.4, -0.2) is 9.97 Å². The number of hydrogen-bond acceptors (Lipinski definition) is 3. The second-order valence-electron chi connectivity index (χ2n) is 4.75. The van der Waals surface area contributed by atoms with Crippen LogP contribution in [0.5, 0.6) is 0 Å². The molecule has 0 amide bonds. The lowest BCUT2D eigenvalue weighted by Gasteiger charge is -2.12. The molecular weight excluding hydrogens is 538 g/mol. The molecule has 0 aliphatic heterocycles. The highest BCUT2D eigenvalue weighted by Crippen LogP contribution is 2.40. The minimum absolute atomic E-state index is 0.535. The topological polar surface area (TPSA) is 25.8 Å². The summed E-state index contributed by atoms with van der Waals surface area (Å²) >= 11 is 17.2. The second kappa shape index (κ2) is 6.48. The largest absolute Gasteiger partial charge is 0.231 e. The van der Waals surface area contributed by atoms with Crippen molar-refractivity contribution in [3.63, 3.8) is 0 Å². The molecule has 2 aromatic heterocycles. The fourth-order valence-electron chi connectivity index (χ4n) is 2.47. The van der Waals surface area contributed by atoms with E-state index >= 15 is 0 Å². The molecule has 0 unspecified atom stereocenters. The summed E-state index contributed by atoms with van der Waals surface area (Å²) < 4.78 is 3.08. The van der Waals surface area contributed by atoms with Gasteiger partial charge in [-0.2, -0.15) is 0 Å². The van der Waals surface area contributed by atoms with Crippen molar-refractivity contribution in [3.05, 3.63) is 28.7 Å². The summed E-state index contributed by atoms with van der Waals surface area (Å²) in [6.07, 6.45) is 4.99. The highest BCUT2D eigenvalue weighted by atomic mass is 127. The van der Waals surface area contributed by atoms with Crippen LogP contribution in [0.25, 0.3) is 10.7 Å². The lowest BCUT2D eigenvalue weighted by atomic mass is 10.0. The van der Waals surface area contributed by atoms with Gasteiger partial charge in [0, 0.05) is 10.4 Å². The summed E-state index contributed by atoms with van der Waals surface area (Å²) in [5, 5.41) is 0.568. The average molecular weight is 548 g/mol. The van der Waals surface area contributed by atoms with E-state index in [-0.39, 0.29) is 0 Å². The van der Waals surface area contributed by atoms with E-state index < -0.39 is 0 Å².